The lowest BCUT2D eigenvalue weighted by molar-refractivity contribution is 0.409. The molecule has 1 aliphatic rings. The van der Waals surface area contributed by atoms with E-state index >= 15 is 0 Å². The van der Waals surface area contributed by atoms with E-state index in [9.17, 15) is 0 Å². The van der Waals surface area contributed by atoms with Gasteiger partial charge < -0.3 is 10.3 Å². The van der Waals surface area contributed by atoms with Crippen LogP contribution in [-0.4, -0.2) is 16.1 Å². The Morgan fingerprint density at radius 2 is 2.64 bits per heavy atom. The first-order chi connectivity index (χ1) is 5.42. The van der Waals surface area contributed by atoms with Crippen LogP contribution in [0.2, 0.25) is 0 Å². The summed E-state index contributed by atoms with van der Waals surface area (Å²) in [5.74, 6) is 0. The highest BCUT2D eigenvalue weighted by Gasteiger charge is 2.16. The van der Waals surface area contributed by atoms with Gasteiger partial charge in [-0.2, -0.15) is 0 Å². The molecule has 1 aromatic heterocycles. The Hall–Kier alpha value is -0.830. The minimum atomic E-state index is 0.501. The third-order valence-corrected chi connectivity index (χ3v) is 2.38. The van der Waals surface area contributed by atoms with Crippen LogP contribution in [-0.2, 0) is 6.42 Å². The van der Waals surface area contributed by atoms with Gasteiger partial charge in [0.2, 0.25) is 0 Å². The van der Waals surface area contributed by atoms with Crippen LogP contribution in [0.4, 0.5) is 0 Å². The van der Waals surface area contributed by atoms with E-state index in [-0.39, 0.29) is 0 Å². The van der Waals surface area contributed by atoms with Crippen molar-refractivity contribution in [1.29, 1.82) is 0 Å². The molecule has 0 saturated heterocycles. The second-order valence-corrected chi connectivity index (χ2v) is 3.07. The van der Waals surface area contributed by atoms with Gasteiger partial charge in [-0.3, -0.25) is 0 Å². The number of aromatic nitrogens is 2. The van der Waals surface area contributed by atoms with Crippen LogP contribution >= 0.6 is 0 Å². The van der Waals surface area contributed by atoms with Gasteiger partial charge in [0.25, 0.3) is 0 Å². The smallest absolute Gasteiger partial charge is 0.0951 e. The minimum absolute atomic E-state index is 0.501. The van der Waals surface area contributed by atoms with E-state index in [0.717, 1.165) is 13.0 Å². The summed E-state index contributed by atoms with van der Waals surface area (Å²) in [6.07, 6.45) is 7.47. The summed E-state index contributed by atoms with van der Waals surface area (Å²) < 4.78 is 2.21. The molecule has 2 rings (SSSR count). The van der Waals surface area contributed by atoms with Crippen LogP contribution in [0.3, 0.4) is 0 Å². The third kappa shape index (κ3) is 1.05. The van der Waals surface area contributed by atoms with Gasteiger partial charge in [-0.1, -0.05) is 0 Å². The molecule has 1 aliphatic heterocycles. The standard InChI is InChI=1S/C8H13N3/c9-4-7-2-1-3-8-5-10-6-11(7)8/h5-7H,1-4,9H2. The highest BCUT2D eigenvalue weighted by atomic mass is 15.1. The van der Waals surface area contributed by atoms with E-state index in [1.807, 2.05) is 12.5 Å². The van der Waals surface area contributed by atoms with Crippen molar-refractivity contribution in [2.75, 3.05) is 6.54 Å². The lowest BCUT2D eigenvalue weighted by Gasteiger charge is -2.23. The topological polar surface area (TPSA) is 43.8 Å². The summed E-state index contributed by atoms with van der Waals surface area (Å²) in [7, 11) is 0. The van der Waals surface area contributed by atoms with Crippen LogP contribution in [0.15, 0.2) is 12.5 Å². The van der Waals surface area contributed by atoms with Crippen molar-refractivity contribution in [3.8, 4) is 0 Å². The molecule has 1 unspecified atom stereocenters. The van der Waals surface area contributed by atoms with Crippen molar-refractivity contribution in [2.45, 2.75) is 25.3 Å². The first-order valence-corrected chi connectivity index (χ1v) is 4.12. The number of nitrogens with zero attached hydrogens (tertiary/aromatic N) is 2. The predicted octanol–water partition coefficient (Wildman–Crippen LogP) is 0.719. The maximum Gasteiger partial charge on any atom is 0.0951 e. The molecule has 0 bridgehead atoms. The Bertz CT molecular complexity index is 241. The fourth-order valence-electron chi connectivity index (χ4n) is 1.74. The number of hydrogen-bond acceptors (Lipinski definition) is 2. The van der Waals surface area contributed by atoms with Crippen molar-refractivity contribution < 1.29 is 0 Å². The number of aryl methyl sites for hydroxylation is 1. The van der Waals surface area contributed by atoms with Gasteiger partial charge in [0.1, 0.15) is 0 Å². The van der Waals surface area contributed by atoms with Crippen molar-refractivity contribution in [3.63, 3.8) is 0 Å². The number of fused-ring (bicyclic) bond motifs is 1. The van der Waals surface area contributed by atoms with E-state index in [1.54, 1.807) is 0 Å². The number of imidazole rings is 1. The Morgan fingerprint density at radius 3 is 3.45 bits per heavy atom. The monoisotopic (exact) mass is 151 g/mol. The average Bonchev–Trinajstić information content (AvgIpc) is 2.50. The van der Waals surface area contributed by atoms with Crippen LogP contribution in [0, 0.1) is 0 Å². The molecule has 0 aromatic carbocycles. The molecule has 0 spiro atoms. The summed E-state index contributed by atoms with van der Waals surface area (Å²) in [5, 5.41) is 0. The van der Waals surface area contributed by atoms with E-state index in [0.29, 0.717) is 6.04 Å². The zero-order chi connectivity index (χ0) is 7.68. The van der Waals surface area contributed by atoms with E-state index in [2.05, 4.69) is 9.55 Å². The van der Waals surface area contributed by atoms with Gasteiger partial charge in [0.05, 0.1) is 6.33 Å². The van der Waals surface area contributed by atoms with E-state index in [1.165, 1.54) is 18.5 Å². The zero-order valence-corrected chi connectivity index (χ0v) is 6.53. The third-order valence-electron chi connectivity index (χ3n) is 2.38. The summed E-state index contributed by atoms with van der Waals surface area (Å²) >= 11 is 0. The Kier molecular flexibility index (Phi) is 1.66. The second-order valence-electron chi connectivity index (χ2n) is 3.07. The van der Waals surface area contributed by atoms with Crippen molar-refractivity contribution in [3.05, 3.63) is 18.2 Å². The first-order valence-electron chi connectivity index (χ1n) is 4.12. The van der Waals surface area contributed by atoms with Gasteiger partial charge in [0.15, 0.2) is 0 Å². The molecule has 0 radical (unpaired) electrons. The Labute approximate surface area is 66.2 Å². The van der Waals surface area contributed by atoms with Crippen LogP contribution < -0.4 is 5.73 Å². The molecule has 0 fully saturated rings. The molecule has 3 nitrogen and oxygen atoms in total. The molecule has 0 saturated carbocycles. The van der Waals surface area contributed by atoms with Gasteiger partial charge in [-0.15, -0.1) is 0 Å². The average molecular weight is 151 g/mol. The summed E-state index contributed by atoms with van der Waals surface area (Å²) in [5.41, 5.74) is 6.97. The maximum absolute atomic E-state index is 5.63. The van der Waals surface area contributed by atoms with E-state index < -0.39 is 0 Å². The molecular weight excluding hydrogens is 138 g/mol. The normalized spacial score (nSPS) is 23.2. The molecule has 1 atom stereocenters. The Balaban J connectivity index is 2.32. The second kappa shape index (κ2) is 2.66. The first kappa shape index (κ1) is 6.85. The van der Waals surface area contributed by atoms with Crippen LogP contribution in [0.1, 0.15) is 24.6 Å². The summed E-state index contributed by atoms with van der Waals surface area (Å²) in [6.45, 7) is 0.739. The lowest BCUT2D eigenvalue weighted by atomic mass is 10.0. The van der Waals surface area contributed by atoms with Crippen molar-refractivity contribution >= 4 is 0 Å². The highest BCUT2D eigenvalue weighted by molar-refractivity contribution is 5.03. The zero-order valence-electron chi connectivity index (χ0n) is 6.53. The predicted molar refractivity (Wildman–Crippen MR) is 43.3 cm³/mol. The molecule has 60 valence electrons. The Morgan fingerprint density at radius 1 is 1.73 bits per heavy atom. The van der Waals surface area contributed by atoms with Gasteiger partial charge >= 0.3 is 0 Å². The SMILES string of the molecule is NCC1CCCc2cncn21. The van der Waals surface area contributed by atoms with Gasteiger partial charge in [-0.05, 0) is 19.3 Å². The maximum atomic E-state index is 5.63. The van der Waals surface area contributed by atoms with Crippen LogP contribution in [0.5, 0.6) is 0 Å². The summed E-state index contributed by atoms with van der Waals surface area (Å²) in [4.78, 5) is 4.11. The molecule has 1 aromatic rings. The lowest BCUT2D eigenvalue weighted by Crippen LogP contribution is -2.23. The molecule has 0 amide bonds. The number of hydrogen-bond donors (Lipinski definition) is 1. The molecule has 2 N–H and O–H groups in total. The number of nitrogens with two attached hydrogens (primary N) is 1. The van der Waals surface area contributed by atoms with Gasteiger partial charge in [0, 0.05) is 24.5 Å². The number of rotatable bonds is 1. The largest absolute Gasteiger partial charge is 0.330 e. The molecule has 2 heterocycles. The molecule has 3 heteroatoms. The summed E-state index contributed by atoms with van der Waals surface area (Å²) in [6, 6.07) is 0.501. The highest BCUT2D eigenvalue weighted by Crippen LogP contribution is 2.22. The minimum Gasteiger partial charge on any atom is -0.330 e. The fraction of sp³-hybridized carbons (Fsp3) is 0.625. The van der Waals surface area contributed by atoms with Crippen molar-refractivity contribution in [2.24, 2.45) is 5.73 Å². The molecular formula is C8H13N3. The molecule has 11 heavy (non-hydrogen) atoms. The van der Waals surface area contributed by atoms with Gasteiger partial charge in [-0.25, -0.2) is 4.98 Å². The quantitative estimate of drug-likeness (QED) is 0.642. The fourth-order valence-corrected chi connectivity index (χ4v) is 1.74. The van der Waals surface area contributed by atoms with Crippen molar-refractivity contribution in [1.82, 2.24) is 9.55 Å². The van der Waals surface area contributed by atoms with Crippen LogP contribution in [0.25, 0.3) is 0 Å². The molecule has 0 aliphatic carbocycles. The van der Waals surface area contributed by atoms with E-state index in [4.69, 9.17) is 5.73 Å².